The van der Waals surface area contributed by atoms with E-state index in [2.05, 4.69) is 21.3 Å². The van der Waals surface area contributed by atoms with Crippen molar-refractivity contribution in [3.63, 3.8) is 0 Å². The zero-order valence-corrected chi connectivity index (χ0v) is 14.8. The standard InChI is InChI=1S/C20H25N3O2/c1-14-3-6-19(21-12-14)23-9-7-17(8-10-23)20(25)22-18-11-16(13-24)5-4-15(18)2/h3-6,11-12,17,24H,7-10,13H2,1-2H3,(H,22,25). The van der Waals surface area contributed by atoms with Gasteiger partial charge < -0.3 is 15.3 Å². The summed E-state index contributed by atoms with van der Waals surface area (Å²) in [6, 6.07) is 9.75. The molecule has 25 heavy (non-hydrogen) atoms. The molecule has 1 saturated heterocycles. The second-order valence-corrected chi connectivity index (χ2v) is 6.75. The molecule has 3 rings (SSSR count). The summed E-state index contributed by atoms with van der Waals surface area (Å²) in [7, 11) is 0. The molecule has 2 aromatic rings. The lowest BCUT2D eigenvalue weighted by molar-refractivity contribution is -0.120. The topological polar surface area (TPSA) is 65.5 Å². The number of pyridine rings is 1. The molecule has 5 nitrogen and oxygen atoms in total. The summed E-state index contributed by atoms with van der Waals surface area (Å²) < 4.78 is 0. The van der Waals surface area contributed by atoms with Crippen molar-refractivity contribution in [3.05, 3.63) is 53.2 Å². The molecule has 0 atom stereocenters. The second-order valence-electron chi connectivity index (χ2n) is 6.75. The molecule has 0 saturated carbocycles. The third kappa shape index (κ3) is 4.17. The number of aryl methyl sites for hydroxylation is 2. The number of nitrogens with zero attached hydrogens (tertiary/aromatic N) is 2. The highest BCUT2D eigenvalue weighted by molar-refractivity contribution is 5.93. The van der Waals surface area contributed by atoms with Crippen LogP contribution in [0.25, 0.3) is 0 Å². The molecule has 1 aliphatic rings. The van der Waals surface area contributed by atoms with E-state index in [4.69, 9.17) is 0 Å². The lowest BCUT2D eigenvalue weighted by Gasteiger charge is -2.32. The quantitative estimate of drug-likeness (QED) is 0.898. The predicted octanol–water partition coefficient (Wildman–Crippen LogP) is 3.05. The third-order valence-electron chi connectivity index (χ3n) is 4.83. The smallest absolute Gasteiger partial charge is 0.227 e. The molecule has 132 valence electrons. The van der Waals surface area contributed by atoms with Crippen molar-refractivity contribution in [2.75, 3.05) is 23.3 Å². The van der Waals surface area contributed by atoms with E-state index in [1.165, 1.54) is 0 Å². The Bertz CT molecular complexity index is 735. The van der Waals surface area contributed by atoms with E-state index in [-0.39, 0.29) is 18.4 Å². The second kappa shape index (κ2) is 7.66. The maximum atomic E-state index is 12.6. The van der Waals surface area contributed by atoms with Crippen LogP contribution in [-0.2, 0) is 11.4 Å². The number of piperidine rings is 1. The average Bonchev–Trinajstić information content (AvgIpc) is 2.64. The Morgan fingerprint density at radius 1 is 1.24 bits per heavy atom. The van der Waals surface area contributed by atoms with Gasteiger partial charge in [0.05, 0.1) is 6.61 Å². The number of hydrogen-bond donors (Lipinski definition) is 2. The van der Waals surface area contributed by atoms with Crippen LogP contribution in [0.5, 0.6) is 0 Å². The van der Waals surface area contributed by atoms with Crippen molar-refractivity contribution in [1.29, 1.82) is 0 Å². The number of aliphatic hydroxyl groups excluding tert-OH is 1. The predicted molar refractivity (Wildman–Crippen MR) is 99.6 cm³/mol. The largest absolute Gasteiger partial charge is 0.392 e. The van der Waals surface area contributed by atoms with Crippen LogP contribution in [0.1, 0.15) is 29.5 Å². The van der Waals surface area contributed by atoms with Crippen molar-refractivity contribution < 1.29 is 9.90 Å². The van der Waals surface area contributed by atoms with E-state index in [0.29, 0.717) is 0 Å². The molecule has 2 heterocycles. The van der Waals surface area contributed by atoms with E-state index in [1.807, 2.05) is 44.3 Å². The fourth-order valence-electron chi connectivity index (χ4n) is 3.15. The Morgan fingerprint density at radius 3 is 2.64 bits per heavy atom. The monoisotopic (exact) mass is 339 g/mol. The number of aliphatic hydroxyl groups is 1. The Kier molecular flexibility index (Phi) is 5.34. The molecule has 0 spiro atoms. The number of amides is 1. The maximum Gasteiger partial charge on any atom is 0.227 e. The first-order chi connectivity index (χ1) is 12.1. The first kappa shape index (κ1) is 17.4. The van der Waals surface area contributed by atoms with Crippen molar-refractivity contribution in [1.82, 2.24) is 4.98 Å². The van der Waals surface area contributed by atoms with Crippen LogP contribution in [-0.4, -0.2) is 29.1 Å². The van der Waals surface area contributed by atoms with Crippen molar-refractivity contribution in [2.45, 2.75) is 33.3 Å². The Morgan fingerprint density at radius 2 is 2.00 bits per heavy atom. The van der Waals surface area contributed by atoms with Gasteiger partial charge in [-0.15, -0.1) is 0 Å². The van der Waals surface area contributed by atoms with Crippen LogP contribution >= 0.6 is 0 Å². The van der Waals surface area contributed by atoms with E-state index in [9.17, 15) is 9.90 Å². The molecule has 0 aliphatic carbocycles. The van der Waals surface area contributed by atoms with Crippen LogP contribution in [0, 0.1) is 19.8 Å². The van der Waals surface area contributed by atoms with E-state index >= 15 is 0 Å². The van der Waals surface area contributed by atoms with Gasteiger partial charge in [-0.2, -0.15) is 0 Å². The number of rotatable bonds is 4. The van der Waals surface area contributed by atoms with Gasteiger partial charge in [-0.1, -0.05) is 18.2 Å². The van der Waals surface area contributed by atoms with Gasteiger partial charge in [0.1, 0.15) is 5.82 Å². The zero-order valence-electron chi connectivity index (χ0n) is 14.8. The number of carbonyl (C=O) groups excluding carboxylic acids is 1. The van der Waals surface area contributed by atoms with Crippen LogP contribution in [0.2, 0.25) is 0 Å². The molecule has 1 aromatic heterocycles. The highest BCUT2D eigenvalue weighted by Crippen LogP contribution is 2.24. The Balaban J connectivity index is 1.59. The van der Waals surface area contributed by atoms with E-state index in [1.54, 1.807) is 0 Å². The molecular formula is C20H25N3O2. The van der Waals surface area contributed by atoms with Gasteiger partial charge in [0.25, 0.3) is 0 Å². The van der Waals surface area contributed by atoms with Crippen LogP contribution in [0.3, 0.4) is 0 Å². The molecule has 5 heteroatoms. The summed E-state index contributed by atoms with van der Waals surface area (Å²) in [5.74, 6) is 1.06. The molecule has 1 aromatic carbocycles. The molecule has 1 aliphatic heterocycles. The number of aromatic nitrogens is 1. The number of carbonyl (C=O) groups is 1. The van der Waals surface area contributed by atoms with Gasteiger partial charge in [0.15, 0.2) is 0 Å². The first-order valence-corrected chi connectivity index (χ1v) is 8.75. The summed E-state index contributed by atoms with van der Waals surface area (Å²) in [5, 5.41) is 12.3. The minimum absolute atomic E-state index is 0.0129. The van der Waals surface area contributed by atoms with E-state index < -0.39 is 0 Å². The van der Waals surface area contributed by atoms with E-state index in [0.717, 1.165) is 54.1 Å². The Hall–Kier alpha value is -2.40. The maximum absolute atomic E-state index is 12.6. The average molecular weight is 339 g/mol. The third-order valence-corrected chi connectivity index (χ3v) is 4.83. The molecule has 0 bridgehead atoms. The number of anilines is 2. The van der Waals surface area contributed by atoms with Crippen LogP contribution in [0.4, 0.5) is 11.5 Å². The Labute approximate surface area is 148 Å². The number of benzene rings is 1. The lowest BCUT2D eigenvalue weighted by atomic mass is 9.95. The highest BCUT2D eigenvalue weighted by atomic mass is 16.3. The minimum Gasteiger partial charge on any atom is -0.392 e. The number of hydrogen-bond acceptors (Lipinski definition) is 4. The summed E-state index contributed by atoms with van der Waals surface area (Å²) in [4.78, 5) is 19.3. The fourth-order valence-corrected chi connectivity index (χ4v) is 3.15. The van der Waals surface area contributed by atoms with Gasteiger partial charge in [-0.25, -0.2) is 4.98 Å². The highest BCUT2D eigenvalue weighted by Gasteiger charge is 2.25. The van der Waals surface area contributed by atoms with Crippen molar-refractivity contribution >= 4 is 17.4 Å². The lowest BCUT2D eigenvalue weighted by Crippen LogP contribution is -2.38. The molecule has 2 N–H and O–H groups in total. The van der Waals surface area contributed by atoms with Crippen molar-refractivity contribution in [3.8, 4) is 0 Å². The van der Waals surface area contributed by atoms with Crippen LogP contribution < -0.4 is 10.2 Å². The van der Waals surface area contributed by atoms with Gasteiger partial charge in [-0.3, -0.25) is 4.79 Å². The molecule has 0 radical (unpaired) electrons. The fraction of sp³-hybridized carbons (Fsp3) is 0.400. The minimum atomic E-state index is -0.0227. The summed E-state index contributed by atoms with van der Waals surface area (Å²) in [5.41, 5.74) is 3.76. The SMILES string of the molecule is Cc1ccc(N2CCC(C(=O)Nc3cc(CO)ccc3C)CC2)nc1. The molecule has 0 unspecified atom stereocenters. The first-order valence-electron chi connectivity index (χ1n) is 8.75. The van der Waals surface area contributed by atoms with Crippen LogP contribution in [0.15, 0.2) is 36.5 Å². The molecular weight excluding hydrogens is 314 g/mol. The van der Waals surface area contributed by atoms with Gasteiger partial charge in [-0.05, 0) is 55.5 Å². The summed E-state index contributed by atoms with van der Waals surface area (Å²) in [6.45, 7) is 5.64. The normalized spacial score (nSPS) is 15.2. The zero-order chi connectivity index (χ0) is 17.8. The summed E-state index contributed by atoms with van der Waals surface area (Å²) >= 11 is 0. The van der Waals surface area contributed by atoms with Gasteiger partial charge in [0, 0.05) is 30.9 Å². The summed E-state index contributed by atoms with van der Waals surface area (Å²) in [6.07, 6.45) is 3.52. The number of nitrogens with one attached hydrogen (secondary N) is 1. The van der Waals surface area contributed by atoms with Crippen molar-refractivity contribution in [2.24, 2.45) is 5.92 Å². The molecule has 1 fully saturated rings. The molecule has 1 amide bonds. The van der Waals surface area contributed by atoms with Gasteiger partial charge >= 0.3 is 0 Å². The van der Waals surface area contributed by atoms with Gasteiger partial charge in [0.2, 0.25) is 5.91 Å².